The fraction of sp³-hybridized carbons (Fsp3) is 0.400. The van der Waals surface area contributed by atoms with E-state index in [0.29, 0.717) is 18.0 Å². The van der Waals surface area contributed by atoms with E-state index in [9.17, 15) is 8.42 Å². The van der Waals surface area contributed by atoms with Gasteiger partial charge in [0, 0.05) is 32.7 Å². The maximum Gasteiger partial charge on any atom is 0.243 e. The van der Waals surface area contributed by atoms with Crippen LogP contribution in [-0.2, 0) is 16.4 Å². The van der Waals surface area contributed by atoms with Crippen molar-refractivity contribution in [3.05, 3.63) is 59.7 Å². The first-order valence-corrected chi connectivity index (χ1v) is 10.4. The number of hydrogen-bond acceptors (Lipinski definition) is 4. The lowest BCUT2D eigenvalue weighted by Gasteiger charge is -2.34. The zero-order chi connectivity index (χ0) is 18.6. The van der Waals surface area contributed by atoms with Crippen LogP contribution in [0.1, 0.15) is 11.1 Å². The molecule has 1 aliphatic rings. The average Bonchev–Trinajstić information content (AvgIpc) is 2.67. The van der Waals surface area contributed by atoms with Gasteiger partial charge in [0.1, 0.15) is 5.75 Å². The van der Waals surface area contributed by atoms with E-state index in [-0.39, 0.29) is 0 Å². The second kappa shape index (κ2) is 8.20. The van der Waals surface area contributed by atoms with Crippen molar-refractivity contribution < 1.29 is 13.2 Å². The van der Waals surface area contributed by atoms with E-state index in [0.717, 1.165) is 37.4 Å². The molecule has 140 valence electrons. The largest absolute Gasteiger partial charge is 0.497 e. The molecule has 2 aromatic carbocycles. The van der Waals surface area contributed by atoms with Gasteiger partial charge in [-0.3, -0.25) is 0 Å². The van der Waals surface area contributed by atoms with Gasteiger partial charge < -0.3 is 9.64 Å². The second-order valence-electron chi connectivity index (χ2n) is 6.61. The van der Waals surface area contributed by atoms with Gasteiger partial charge in [-0.1, -0.05) is 30.3 Å². The van der Waals surface area contributed by atoms with Crippen molar-refractivity contribution in [1.29, 1.82) is 0 Å². The van der Waals surface area contributed by atoms with Gasteiger partial charge in [-0.05, 0) is 42.7 Å². The summed E-state index contributed by atoms with van der Waals surface area (Å²) >= 11 is 0. The molecule has 0 aliphatic carbocycles. The number of hydrogen-bond donors (Lipinski definition) is 0. The van der Waals surface area contributed by atoms with Crippen molar-refractivity contribution in [3.8, 4) is 5.75 Å². The van der Waals surface area contributed by atoms with Gasteiger partial charge in [-0.2, -0.15) is 4.31 Å². The number of nitrogens with zero attached hydrogens (tertiary/aromatic N) is 2. The highest BCUT2D eigenvalue weighted by Crippen LogP contribution is 2.21. The molecule has 2 aromatic rings. The number of rotatable bonds is 6. The molecule has 26 heavy (non-hydrogen) atoms. The summed E-state index contributed by atoms with van der Waals surface area (Å²) in [4.78, 5) is 2.75. The third-order valence-electron chi connectivity index (χ3n) is 4.92. The molecule has 0 saturated carbocycles. The first kappa shape index (κ1) is 18.9. The zero-order valence-electron chi connectivity index (χ0n) is 15.4. The Balaban J connectivity index is 1.54. The Kier molecular flexibility index (Phi) is 5.96. The van der Waals surface area contributed by atoms with Crippen LogP contribution in [0.15, 0.2) is 53.4 Å². The molecule has 0 bridgehead atoms. The van der Waals surface area contributed by atoms with Gasteiger partial charge >= 0.3 is 0 Å². The van der Waals surface area contributed by atoms with Crippen LogP contribution in [0.3, 0.4) is 0 Å². The molecule has 1 saturated heterocycles. The van der Waals surface area contributed by atoms with E-state index in [1.807, 2.05) is 31.2 Å². The summed E-state index contributed by atoms with van der Waals surface area (Å²) in [5.74, 6) is 0.865. The lowest BCUT2D eigenvalue weighted by molar-refractivity contribution is 0.190. The van der Waals surface area contributed by atoms with Crippen LogP contribution < -0.4 is 4.74 Å². The first-order chi connectivity index (χ1) is 12.5. The normalized spacial score (nSPS) is 16.5. The Morgan fingerprint density at radius 1 is 0.962 bits per heavy atom. The average molecular weight is 375 g/mol. The molecular formula is C20H26N2O3S. The van der Waals surface area contributed by atoms with Gasteiger partial charge in [-0.15, -0.1) is 0 Å². The van der Waals surface area contributed by atoms with Gasteiger partial charge in [0.15, 0.2) is 0 Å². The van der Waals surface area contributed by atoms with E-state index in [1.54, 1.807) is 23.5 Å². The van der Waals surface area contributed by atoms with Crippen molar-refractivity contribution in [3.63, 3.8) is 0 Å². The lowest BCUT2D eigenvalue weighted by Crippen LogP contribution is -2.49. The van der Waals surface area contributed by atoms with Gasteiger partial charge in [0.05, 0.1) is 12.0 Å². The molecule has 5 nitrogen and oxygen atoms in total. The Morgan fingerprint density at radius 2 is 1.62 bits per heavy atom. The maximum atomic E-state index is 12.9. The van der Waals surface area contributed by atoms with E-state index in [1.165, 1.54) is 5.56 Å². The van der Waals surface area contributed by atoms with Gasteiger partial charge in [0.25, 0.3) is 0 Å². The fourth-order valence-corrected chi connectivity index (χ4v) is 4.91. The Labute approximate surface area is 156 Å². The molecule has 0 radical (unpaired) electrons. The number of sulfonamides is 1. The quantitative estimate of drug-likeness (QED) is 0.780. The third kappa shape index (κ3) is 4.26. The highest BCUT2D eigenvalue weighted by atomic mass is 32.2. The van der Waals surface area contributed by atoms with Crippen LogP contribution in [0.25, 0.3) is 0 Å². The van der Waals surface area contributed by atoms with Crippen molar-refractivity contribution in [2.24, 2.45) is 0 Å². The Morgan fingerprint density at radius 3 is 2.23 bits per heavy atom. The molecule has 0 aromatic heterocycles. The van der Waals surface area contributed by atoms with Crippen molar-refractivity contribution in [1.82, 2.24) is 9.21 Å². The van der Waals surface area contributed by atoms with Crippen LogP contribution in [-0.4, -0.2) is 57.5 Å². The molecule has 1 aliphatic heterocycles. The highest BCUT2D eigenvalue weighted by molar-refractivity contribution is 7.89. The number of piperazine rings is 1. The maximum absolute atomic E-state index is 12.9. The highest BCUT2D eigenvalue weighted by Gasteiger charge is 2.29. The van der Waals surface area contributed by atoms with Gasteiger partial charge in [0.2, 0.25) is 10.0 Å². The van der Waals surface area contributed by atoms with E-state index in [4.69, 9.17) is 4.74 Å². The fourth-order valence-electron chi connectivity index (χ4n) is 3.26. The number of aryl methyl sites for hydroxylation is 1. The number of methoxy groups -OCH3 is 1. The zero-order valence-corrected chi connectivity index (χ0v) is 16.2. The minimum atomic E-state index is -3.40. The Bertz CT molecular complexity index is 826. The Hall–Kier alpha value is -1.89. The van der Waals surface area contributed by atoms with Crippen LogP contribution in [0, 0.1) is 6.92 Å². The van der Waals surface area contributed by atoms with E-state index < -0.39 is 10.0 Å². The molecule has 6 heteroatoms. The summed E-state index contributed by atoms with van der Waals surface area (Å²) in [6.07, 6.45) is 0.953. The van der Waals surface area contributed by atoms with Crippen LogP contribution in [0.5, 0.6) is 5.75 Å². The minimum Gasteiger partial charge on any atom is -0.497 e. The third-order valence-corrected chi connectivity index (χ3v) is 6.98. The second-order valence-corrected chi connectivity index (χ2v) is 8.52. The SMILES string of the molecule is COc1ccc(CCN2CCN(S(=O)(=O)c3ccccc3C)CC2)cc1. The first-order valence-electron chi connectivity index (χ1n) is 8.92. The molecule has 0 N–H and O–H groups in total. The van der Waals surface area contributed by atoms with Crippen molar-refractivity contribution in [2.45, 2.75) is 18.2 Å². The van der Waals surface area contributed by atoms with E-state index in [2.05, 4.69) is 17.0 Å². The van der Waals surface area contributed by atoms with Crippen molar-refractivity contribution in [2.75, 3.05) is 39.8 Å². The molecular weight excluding hydrogens is 348 g/mol. The molecule has 3 rings (SSSR count). The summed E-state index contributed by atoms with van der Waals surface area (Å²) < 4.78 is 32.5. The molecule has 0 atom stereocenters. The van der Waals surface area contributed by atoms with Gasteiger partial charge in [-0.25, -0.2) is 8.42 Å². The summed E-state index contributed by atoms with van der Waals surface area (Å²) in [7, 11) is -1.73. The lowest BCUT2D eigenvalue weighted by atomic mass is 10.1. The monoisotopic (exact) mass is 374 g/mol. The summed E-state index contributed by atoms with van der Waals surface area (Å²) in [5, 5.41) is 0. The minimum absolute atomic E-state index is 0.423. The molecule has 0 spiro atoms. The predicted octanol–water partition coefficient (Wildman–Crippen LogP) is 2.55. The summed E-state index contributed by atoms with van der Waals surface area (Å²) in [5.41, 5.74) is 2.06. The summed E-state index contributed by atoms with van der Waals surface area (Å²) in [6.45, 7) is 5.39. The predicted molar refractivity (Wildman–Crippen MR) is 103 cm³/mol. The van der Waals surface area contributed by atoms with Crippen LogP contribution in [0.4, 0.5) is 0 Å². The molecule has 0 amide bonds. The van der Waals surface area contributed by atoms with E-state index >= 15 is 0 Å². The van der Waals surface area contributed by atoms with Crippen LogP contribution in [0.2, 0.25) is 0 Å². The molecule has 0 unspecified atom stereocenters. The van der Waals surface area contributed by atoms with Crippen LogP contribution >= 0.6 is 0 Å². The topological polar surface area (TPSA) is 49.9 Å². The number of benzene rings is 2. The standard InChI is InChI=1S/C20H26N2O3S/c1-17-5-3-4-6-20(17)26(23,24)22-15-13-21(14-16-22)12-11-18-7-9-19(25-2)10-8-18/h3-10H,11-16H2,1-2H3. The summed E-state index contributed by atoms with van der Waals surface area (Å²) in [6, 6.07) is 15.3. The molecule has 1 fully saturated rings. The molecule has 1 heterocycles. The number of ether oxygens (including phenoxy) is 1. The van der Waals surface area contributed by atoms with Crippen molar-refractivity contribution >= 4 is 10.0 Å². The smallest absolute Gasteiger partial charge is 0.243 e.